The fourth-order valence-electron chi connectivity index (χ4n) is 6.21. The van der Waals surface area contributed by atoms with Gasteiger partial charge in [-0.3, -0.25) is 0 Å². The second kappa shape index (κ2) is 13.8. The van der Waals surface area contributed by atoms with Crippen LogP contribution >= 0.6 is 0 Å². The Morgan fingerprint density at radius 2 is 0.855 bits per heavy atom. The molecule has 0 fully saturated rings. The van der Waals surface area contributed by atoms with Gasteiger partial charge in [-0.15, -0.1) is 0 Å². The number of para-hydroxylation sites is 1. The van der Waals surface area contributed by atoms with Crippen LogP contribution in [0.4, 0.5) is 0 Å². The summed E-state index contributed by atoms with van der Waals surface area (Å²) in [6.07, 6.45) is 0. The topological polar surface area (TPSA) is 43.6 Å². The van der Waals surface area contributed by atoms with Crippen LogP contribution in [0, 0.1) is 0 Å². The first-order chi connectivity index (χ1) is 36.0. The van der Waals surface area contributed by atoms with E-state index in [0.29, 0.717) is 11.1 Å². The minimum Gasteiger partial charge on any atom is -0.309 e. The van der Waals surface area contributed by atoms with E-state index in [4.69, 9.17) is 31.4 Å². The number of hydrogen-bond donors (Lipinski definition) is 0. The first-order valence-electron chi connectivity index (χ1n) is 27.3. The molecule has 0 N–H and O–H groups in total. The smallest absolute Gasteiger partial charge is 0.166 e. The summed E-state index contributed by atoms with van der Waals surface area (Å²) in [5.41, 5.74) is -2.45. The quantitative estimate of drug-likeness (QED) is 0.164. The van der Waals surface area contributed by atoms with Crippen LogP contribution in [-0.2, 0) is 0 Å². The largest absolute Gasteiger partial charge is 0.309 e. The van der Waals surface area contributed by atoms with E-state index >= 15 is 0 Å². The molecule has 4 nitrogen and oxygen atoms in total. The molecule has 2 aromatic heterocycles. The Kier molecular flexibility index (Phi) is 4.32. The van der Waals surface area contributed by atoms with E-state index in [0.717, 1.165) is 0 Å². The van der Waals surface area contributed by atoms with Crippen LogP contribution in [0.2, 0.25) is 0 Å². The normalized spacial score (nSPS) is 16.6. The monoisotopic (exact) mass is 723 g/mol. The van der Waals surface area contributed by atoms with Crippen molar-refractivity contribution in [2.75, 3.05) is 0 Å². The molecule has 8 aromatic carbocycles. The van der Waals surface area contributed by atoms with Crippen LogP contribution in [0.15, 0.2) is 206 Å². The molecule has 10 rings (SSSR count). The Hall–Kier alpha value is -7.43. The van der Waals surface area contributed by atoms with Crippen LogP contribution in [0.25, 0.3) is 95.0 Å². The van der Waals surface area contributed by atoms with Gasteiger partial charge in [-0.25, -0.2) is 15.0 Å². The molecule has 10 aromatic rings. The summed E-state index contributed by atoms with van der Waals surface area (Å²) in [7, 11) is 0. The molecule has 0 bridgehead atoms. The van der Waals surface area contributed by atoms with Crippen molar-refractivity contribution in [3.05, 3.63) is 206 Å². The highest BCUT2D eigenvalue weighted by Crippen LogP contribution is 2.39. The average molecular weight is 724 g/mol. The summed E-state index contributed by atoms with van der Waals surface area (Å²) in [6.45, 7) is 0. The second-order valence-electron chi connectivity index (χ2n) is 12.1. The average Bonchev–Trinajstić information content (AvgIpc) is 4.05. The van der Waals surface area contributed by atoms with Crippen molar-refractivity contribution in [2.45, 2.75) is 0 Å². The van der Waals surface area contributed by atoms with Crippen LogP contribution < -0.4 is 0 Å². The lowest BCUT2D eigenvalue weighted by Gasteiger charge is -2.16. The molecule has 0 spiro atoms. The lowest BCUT2D eigenvalue weighted by Crippen LogP contribution is -2.04. The van der Waals surface area contributed by atoms with E-state index in [1.54, 1.807) is 60.7 Å². The molecular formula is C51H34N4. The fourth-order valence-corrected chi connectivity index (χ4v) is 6.21. The standard InChI is InChI=1S/C51H34N4/c1-5-15-35(16-6-1)37-25-27-38(28-26-37)42-30-32-48(55-46-24-14-13-23-43(46)44-33-41(29-31-47(44)55)36-17-7-2-8-18-36)45(34-42)51-53-49(39-19-9-3-10-20-39)52-50(54-51)40-21-11-4-12-22-40/h1-34H/i1D,2D,5D,6D,7D,8D,13D,14D,15D,16D,17D,18D,23D,24D,25D,26D,27D,28D,29D,31D,33D. The first-order valence-corrected chi connectivity index (χ1v) is 16.8. The lowest BCUT2D eigenvalue weighted by atomic mass is 9.98. The van der Waals surface area contributed by atoms with Crippen molar-refractivity contribution in [2.24, 2.45) is 0 Å². The molecule has 0 aliphatic heterocycles. The van der Waals surface area contributed by atoms with E-state index < -0.39 is 149 Å². The molecule has 4 heteroatoms. The van der Waals surface area contributed by atoms with Gasteiger partial charge in [0.1, 0.15) is 0 Å². The first kappa shape index (κ1) is 17.1. The maximum Gasteiger partial charge on any atom is 0.166 e. The summed E-state index contributed by atoms with van der Waals surface area (Å²) < 4.78 is 188. The summed E-state index contributed by atoms with van der Waals surface area (Å²) >= 11 is 0. The molecule has 0 saturated carbocycles. The third-order valence-electron chi connectivity index (χ3n) is 8.75. The van der Waals surface area contributed by atoms with Gasteiger partial charge in [0.15, 0.2) is 17.5 Å². The van der Waals surface area contributed by atoms with Crippen molar-refractivity contribution in [3.63, 3.8) is 0 Å². The number of hydrogen-bond acceptors (Lipinski definition) is 3. The zero-order valence-corrected chi connectivity index (χ0v) is 28.3. The highest BCUT2D eigenvalue weighted by Gasteiger charge is 2.21. The number of benzene rings is 8. The number of nitrogens with zero attached hydrogens (tertiary/aromatic N) is 4. The maximum absolute atomic E-state index is 9.72. The highest BCUT2D eigenvalue weighted by atomic mass is 15.1. The van der Waals surface area contributed by atoms with E-state index in [1.807, 2.05) is 0 Å². The second-order valence-corrected chi connectivity index (χ2v) is 12.1. The molecule has 258 valence electrons. The fraction of sp³-hybridized carbons (Fsp3) is 0. The molecular weight excluding hydrogens is 669 g/mol. The Bertz CT molecular complexity index is 4040. The van der Waals surface area contributed by atoms with Crippen LogP contribution in [-0.4, -0.2) is 19.5 Å². The molecule has 0 radical (unpaired) electrons. The summed E-state index contributed by atoms with van der Waals surface area (Å²) in [4.78, 5) is 14.6. The minimum atomic E-state index is -0.797. The van der Waals surface area contributed by atoms with Crippen molar-refractivity contribution >= 4 is 21.8 Å². The number of fused-ring (bicyclic) bond motifs is 3. The number of rotatable bonds is 7. The molecule has 0 atom stereocenters. The van der Waals surface area contributed by atoms with E-state index in [-0.39, 0.29) is 61.7 Å². The molecule has 0 saturated heterocycles. The molecule has 0 aliphatic carbocycles. The van der Waals surface area contributed by atoms with Crippen LogP contribution in [0.5, 0.6) is 0 Å². The van der Waals surface area contributed by atoms with Gasteiger partial charge in [0.2, 0.25) is 0 Å². The zero-order valence-electron chi connectivity index (χ0n) is 49.3. The van der Waals surface area contributed by atoms with Gasteiger partial charge in [0, 0.05) is 27.5 Å². The van der Waals surface area contributed by atoms with E-state index in [9.17, 15) is 12.3 Å². The van der Waals surface area contributed by atoms with Gasteiger partial charge in [0.05, 0.1) is 45.5 Å². The van der Waals surface area contributed by atoms with Gasteiger partial charge in [-0.2, -0.15) is 0 Å². The van der Waals surface area contributed by atoms with Gasteiger partial charge < -0.3 is 4.57 Å². The maximum atomic E-state index is 9.72. The van der Waals surface area contributed by atoms with Crippen molar-refractivity contribution < 1.29 is 28.8 Å². The molecule has 55 heavy (non-hydrogen) atoms. The third kappa shape index (κ3) is 6.06. The van der Waals surface area contributed by atoms with Gasteiger partial charge in [-0.05, 0) is 63.6 Å². The molecule has 0 amide bonds. The predicted octanol–water partition coefficient (Wildman–Crippen LogP) is 13.0. The van der Waals surface area contributed by atoms with Gasteiger partial charge >= 0.3 is 0 Å². The Morgan fingerprint density at radius 1 is 0.364 bits per heavy atom. The van der Waals surface area contributed by atoms with Crippen molar-refractivity contribution in [1.29, 1.82) is 0 Å². The van der Waals surface area contributed by atoms with Crippen molar-refractivity contribution in [3.8, 4) is 73.2 Å². The van der Waals surface area contributed by atoms with Crippen LogP contribution in [0.3, 0.4) is 0 Å². The molecule has 0 unspecified atom stereocenters. The molecule has 2 heterocycles. The van der Waals surface area contributed by atoms with E-state index in [2.05, 4.69) is 0 Å². The van der Waals surface area contributed by atoms with Crippen LogP contribution in [0.1, 0.15) is 28.8 Å². The minimum absolute atomic E-state index is 0.0362. The third-order valence-corrected chi connectivity index (χ3v) is 8.75. The van der Waals surface area contributed by atoms with Gasteiger partial charge in [0.25, 0.3) is 0 Å². The summed E-state index contributed by atoms with van der Waals surface area (Å²) in [5.74, 6) is 0.109. The van der Waals surface area contributed by atoms with E-state index in [1.165, 1.54) is 22.8 Å². The molecule has 0 aliphatic rings. The highest BCUT2D eigenvalue weighted by molar-refractivity contribution is 6.11. The number of aromatic nitrogens is 4. The van der Waals surface area contributed by atoms with Gasteiger partial charge in [-0.1, -0.05) is 175 Å². The zero-order chi connectivity index (χ0) is 54.8. The summed E-state index contributed by atoms with van der Waals surface area (Å²) in [6, 6.07) is 5.96. The predicted molar refractivity (Wildman–Crippen MR) is 227 cm³/mol. The lowest BCUT2D eigenvalue weighted by molar-refractivity contribution is 1.06. The SMILES string of the molecule is [2H]c1c([2H])c([2H])c(-c2c([2H])c([2H])c(-c3ccc(-n4c5c([2H])c([2H])c([2H])c([2H])c5c5c([2H])c(-c6c([2H])c([2H])c([2H])c([2H])c6[2H])c([2H])c([2H])c54)c(-c4nc(-c5ccccc5)nc(-c5ccccc5)n4)c3)c([2H])c2[2H])c([2H])c1[2H]. The van der Waals surface area contributed by atoms with Crippen molar-refractivity contribution in [1.82, 2.24) is 19.5 Å². The summed E-state index contributed by atoms with van der Waals surface area (Å²) in [5, 5.41) is -0.690. The Morgan fingerprint density at radius 3 is 1.49 bits per heavy atom. The Balaban J connectivity index is 1.38. The Labute approximate surface area is 349 Å².